The number of hydrogen-bond acceptors (Lipinski definition) is 3. The molecule has 0 aromatic heterocycles. The van der Waals surface area contributed by atoms with Crippen LogP contribution in [0.1, 0.15) is 5.56 Å². The number of ether oxygens (including phenoxy) is 1. The van der Waals surface area contributed by atoms with Crippen LogP contribution in [0.4, 0.5) is 0 Å². The summed E-state index contributed by atoms with van der Waals surface area (Å²) in [6.45, 7) is 4.51. The molecular weight excluding hydrogens is 230 g/mol. The Morgan fingerprint density at radius 1 is 1.35 bits per heavy atom. The van der Waals surface area contributed by atoms with Crippen molar-refractivity contribution in [2.75, 3.05) is 7.11 Å². The van der Waals surface area contributed by atoms with Crippen LogP contribution in [0, 0.1) is 0 Å². The minimum atomic E-state index is -1.51. The first-order valence-corrected chi connectivity index (χ1v) is 9.23. The fourth-order valence-electron chi connectivity index (χ4n) is 2.05. The summed E-state index contributed by atoms with van der Waals surface area (Å²) in [5.41, 5.74) is 7.15. The average molecular weight is 251 g/mol. The summed E-state index contributed by atoms with van der Waals surface area (Å²) >= 11 is 0. The van der Waals surface area contributed by atoms with E-state index < -0.39 is 14.1 Å². The first kappa shape index (κ1) is 13.9. The van der Waals surface area contributed by atoms with Gasteiger partial charge in [-0.15, -0.1) is 0 Å². The second-order valence-electron chi connectivity index (χ2n) is 5.16. The lowest BCUT2D eigenvalue weighted by molar-refractivity contribution is -0.141. The molecule has 1 rings (SSSR count). The van der Waals surface area contributed by atoms with E-state index in [1.54, 1.807) is 0 Å². The van der Waals surface area contributed by atoms with Crippen molar-refractivity contribution in [1.82, 2.24) is 0 Å². The quantitative estimate of drug-likeness (QED) is 0.643. The lowest BCUT2D eigenvalue weighted by Crippen LogP contribution is -2.42. The molecule has 0 radical (unpaired) electrons. The highest BCUT2D eigenvalue weighted by Gasteiger charge is 2.27. The molecule has 2 N–H and O–H groups in total. The highest BCUT2D eigenvalue weighted by molar-refractivity contribution is 6.77. The fraction of sp³-hybridized carbons (Fsp3) is 0.462. The van der Waals surface area contributed by atoms with Gasteiger partial charge < -0.3 is 10.5 Å². The zero-order valence-electron chi connectivity index (χ0n) is 10.8. The van der Waals surface area contributed by atoms with Crippen molar-refractivity contribution in [3.63, 3.8) is 0 Å². The summed E-state index contributed by atoms with van der Waals surface area (Å²) in [5, 5.41) is 0. The van der Waals surface area contributed by atoms with Gasteiger partial charge in [0.2, 0.25) is 0 Å². The number of esters is 1. The third-order valence-electron chi connectivity index (χ3n) is 2.80. The van der Waals surface area contributed by atoms with Gasteiger partial charge in [-0.05, 0) is 12.1 Å². The lowest BCUT2D eigenvalue weighted by atomic mass is 10.2. The Bertz CT molecular complexity index is 365. The van der Waals surface area contributed by atoms with Gasteiger partial charge in [0, 0.05) is 0 Å². The fourth-order valence-corrected chi connectivity index (χ4v) is 4.89. The Morgan fingerprint density at radius 3 is 2.47 bits per heavy atom. The van der Waals surface area contributed by atoms with Crippen LogP contribution in [-0.2, 0) is 15.6 Å². The van der Waals surface area contributed by atoms with E-state index in [0.717, 1.165) is 12.1 Å². The van der Waals surface area contributed by atoms with Crippen molar-refractivity contribution in [3.05, 3.63) is 35.9 Å². The minimum absolute atomic E-state index is 0.307. The number of nitrogens with two attached hydrogens (primary N) is 1. The van der Waals surface area contributed by atoms with Crippen LogP contribution in [-0.4, -0.2) is 27.2 Å². The Morgan fingerprint density at radius 2 is 1.94 bits per heavy atom. The molecule has 17 heavy (non-hydrogen) atoms. The third-order valence-corrected chi connectivity index (χ3v) is 5.71. The molecule has 4 heteroatoms. The normalized spacial score (nSPS) is 13.2. The van der Waals surface area contributed by atoms with E-state index in [1.807, 2.05) is 18.2 Å². The summed E-state index contributed by atoms with van der Waals surface area (Å²) < 4.78 is 4.67. The number of carbonyl (C=O) groups excluding carboxylic acids is 1. The van der Waals surface area contributed by atoms with Gasteiger partial charge in [0.05, 0.1) is 15.2 Å². The summed E-state index contributed by atoms with van der Waals surface area (Å²) in [4.78, 5) is 11.3. The topological polar surface area (TPSA) is 52.3 Å². The predicted molar refractivity (Wildman–Crippen MR) is 72.4 cm³/mol. The first-order chi connectivity index (χ1) is 7.94. The van der Waals surface area contributed by atoms with Crippen LogP contribution in [0.2, 0.25) is 19.1 Å². The molecule has 1 aromatic rings. The minimum Gasteiger partial charge on any atom is -0.468 e. The largest absolute Gasteiger partial charge is 0.468 e. The second kappa shape index (κ2) is 5.98. The molecular formula is C13H21NO2Si. The van der Waals surface area contributed by atoms with Crippen LogP contribution in [0.15, 0.2) is 30.3 Å². The molecule has 0 spiro atoms. The Hall–Kier alpha value is -1.13. The van der Waals surface area contributed by atoms with Gasteiger partial charge in [0.15, 0.2) is 0 Å². The Labute approximate surface area is 104 Å². The molecule has 0 saturated heterocycles. The number of rotatable bonds is 5. The van der Waals surface area contributed by atoms with Crippen LogP contribution < -0.4 is 5.73 Å². The number of hydrogen-bond donors (Lipinski definition) is 1. The molecule has 0 aliphatic heterocycles. The average Bonchev–Trinajstić information content (AvgIpc) is 2.27. The number of methoxy groups -OCH3 is 1. The van der Waals surface area contributed by atoms with Crippen LogP contribution in [0.5, 0.6) is 0 Å². The first-order valence-electron chi connectivity index (χ1n) is 5.82. The van der Waals surface area contributed by atoms with Gasteiger partial charge >= 0.3 is 5.97 Å². The van der Waals surface area contributed by atoms with Crippen molar-refractivity contribution in [2.45, 2.75) is 31.2 Å². The number of carbonyl (C=O) groups is 1. The lowest BCUT2D eigenvalue weighted by Gasteiger charge is -2.25. The third kappa shape index (κ3) is 4.71. The predicted octanol–water partition coefficient (Wildman–Crippen LogP) is 1.98. The number of benzene rings is 1. The summed E-state index contributed by atoms with van der Waals surface area (Å²) in [6.07, 6.45) is 0. The van der Waals surface area contributed by atoms with Gasteiger partial charge in [0.25, 0.3) is 0 Å². The van der Waals surface area contributed by atoms with Gasteiger partial charge in [-0.25, -0.2) is 0 Å². The SMILES string of the molecule is COC(=O)C(N)C[Si](C)(C)Cc1ccccc1. The molecule has 1 aromatic carbocycles. The van der Waals surface area contributed by atoms with Crippen molar-refractivity contribution in [1.29, 1.82) is 0 Å². The van der Waals surface area contributed by atoms with Gasteiger partial charge in [-0.2, -0.15) is 0 Å². The van der Waals surface area contributed by atoms with E-state index in [0.29, 0.717) is 0 Å². The standard InChI is InChI=1S/C13H21NO2Si/c1-16-13(15)12(14)10-17(2,3)9-11-7-5-4-6-8-11/h4-8,12H,9-10,14H2,1-3H3. The van der Waals surface area contributed by atoms with E-state index in [1.165, 1.54) is 12.7 Å². The Kier molecular flexibility index (Phi) is 4.90. The zero-order chi connectivity index (χ0) is 12.9. The Balaban J connectivity index is 2.60. The zero-order valence-corrected chi connectivity index (χ0v) is 11.8. The highest BCUT2D eigenvalue weighted by Crippen LogP contribution is 2.18. The van der Waals surface area contributed by atoms with E-state index >= 15 is 0 Å². The molecule has 0 bridgehead atoms. The van der Waals surface area contributed by atoms with Crippen molar-refractivity contribution >= 4 is 14.0 Å². The van der Waals surface area contributed by atoms with Crippen LogP contribution >= 0.6 is 0 Å². The smallest absolute Gasteiger partial charge is 0.322 e. The van der Waals surface area contributed by atoms with Gasteiger partial charge in [0.1, 0.15) is 6.04 Å². The summed E-state index contributed by atoms with van der Waals surface area (Å²) in [7, 11) is -0.129. The van der Waals surface area contributed by atoms with E-state index in [4.69, 9.17) is 5.73 Å². The molecule has 1 unspecified atom stereocenters. The molecule has 1 atom stereocenters. The monoisotopic (exact) mass is 251 g/mol. The molecule has 0 aliphatic rings. The maximum atomic E-state index is 11.3. The van der Waals surface area contributed by atoms with Crippen LogP contribution in [0.25, 0.3) is 0 Å². The van der Waals surface area contributed by atoms with Gasteiger partial charge in [-0.1, -0.05) is 49.0 Å². The summed E-state index contributed by atoms with van der Waals surface area (Å²) in [5.74, 6) is -0.307. The molecule has 0 aliphatic carbocycles. The van der Waals surface area contributed by atoms with E-state index in [9.17, 15) is 4.79 Å². The maximum absolute atomic E-state index is 11.3. The maximum Gasteiger partial charge on any atom is 0.322 e. The summed E-state index contributed by atoms with van der Waals surface area (Å²) in [6, 6.07) is 11.7. The molecule has 3 nitrogen and oxygen atoms in total. The second-order valence-corrected chi connectivity index (χ2v) is 10.3. The van der Waals surface area contributed by atoms with Crippen molar-refractivity contribution < 1.29 is 9.53 Å². The molecule has 0 amide bonds. The highest BCUT2D eigenvalue weighted by atomic mass is 28.3. The van der Waals surface area contributed by atoms with E-state index in [2.05, 4.69) is 30.0 Å². The van der Waals surface area contributed by atoms with Gasteiger partial charge in [-0.3, -0.25) is 4.79 Å². The van der Waals surface area contributed by atoms with Crippen LogP contribution in [0.3, 0.4) is 0 Å². The molecule has 0 fully saturated rings. The molecule has 0 heterocycles. The van der Waals surface area contributed by atoms with Crippen molar-refractivity contribution in [3.8, 4) is 0 Å². The van der Waals surface area contributed by atoms with E-state index in [-0.39, 0.29) is 5.97 Å². The van der Waals surface area contributed by atoms with Crippen molar-refractivity contribution in [2.24, 2.45) is 5.73 Å². The molecule has 0 saturated carbocycles. The molecule has 94 valence electrons.